The van der Waals surface area contributed by atoms with Crippen LogP contribution in [0.5, 0.6) is 0 Å². The Kier molecular flexibility index (Phi) is 8.76. The van der Waals surface area contributed by atoms with Crippen LogP contribution in [-0.4, -0.2) is 49.8 Å². The van der Waals surface area contributed by atoms with Crippen LogP contribution in [0.3, 0.4) is 0 Å². The fourth-order valence-electron chi connectivity index (χ4n) is 3.78. The number of carbonyl (C=O) groups excluding carboxylic acids is 1. The molecule has 1 fully saturated rings. The normalized spacial score (nSPS) is 16.4. The number of rotatable bonds is 7. The highest BCUT2D eigenvalue weighted by Crippen LogP contribution is 2.21. The number of benzene rings is 1. The van der Waals surface area contributed by atoms with Crippen molar-refractivity contribution in [3.8, 4) is 0 Å². The van der Waals surface area contributed by atoms with Crippen LogP contribution in [0.4, 0.5) is 4.79 Å². The molecule has 0 aromatic heterocycles. The summed E-state index contributed by atoms with van der Waals surface area (Å²) in [6.07, 6.45) is 8.34. The summed E-state index contributed by atoms with van der Waals surface area (Å²) in [6.45, 7) is 4.95. The molecule has 28 heavy (non-hydrogen) atoms. The van der Waals surface area contributed by atoms with E-state index in [2.05, 4.69) is 5.32 Å². The van der Waals surface area contributed by atoms with Gasteiger partial charge < -0.3 is 10.2 Å². The molecular formula is C21H35N3O3S. The molecule has 2 amide bonds. The molecule has 0 unspecified atom stereocenters. The van der Waals surface area contributed by atoms with Gasteiger partial charge >= 0.3 is 6.03 Å². The highest BCUT2D eigenvalue weighted by molar-refractivity contribution is 7.89. The standard InChI is InChI=1S/C21H35N3O3S/c1-4-24(5-2)28(26,27)20-15-13-18(14-16-20)17-22-21(25)23(3)19-11-9-7-6-8-10-12-19/h13-16,19H,4-12,17H2,1-3H3,(H,22,25). The third kappa shape index (κ3) is 5.95. The van der Waals surface area contributed by atoms with Gasteiger partial charge in [-0.15, -0.1) is 0 Å². The van der Waals surface area contributed by atoms with Crippen LogP contribution in [0.15, 0.2) is 29.2 Å². The van der Waals surface area contributed by atoms with Crippen molar-refractivity contribution in [3.63, 3.8) is 0 Å². The molecule has 1 aliphatic rings. The number of hydrogen-bond donors (Lipinski definition) is 1. The van der Waals surface area contributed by atoms with Gasteiger partial charge in [0.15, 0.2) is 0 Å². The fraction of sp³-hybridized carbons (Fsp3) is 0.667. The highest BCUT2D eigenvalue weighted by Gasteiger charge is 2.22. The van der Waals surface area contributed by atoms with Crippen molar-refractivity contribution in [1.82, 2.24) is 14.5 Å². The minimum Gasteiger partial charge on any atom is -0.334 e. The number of hydrogen-bond acceptors (Lipinski definition) is 3. The van der Waals surface area contributed by atoms with E-state index in [-0.39, 0.29) is 10.9 Å². The average molecular weight is 410 g/mol. The SMILES string of the molecule is CCN(CC)S(=O)(=O)c1ccc(CNC(=O)N(C)C2CCCCCCC2)cc1. The Bertz CT molecular complexity index is 707. The van der Waals surface area contributed by atoms with Gasteiger partial charge in [-0.05, 0) is 30.5 Å². The molecule has 1 aliphatic carbocycles. The molecule has 0 atom stereocenters. The van der Waals surface area contributed by atoms with Crippen LogP contribution in [-0.2, 0) is 16.6 Å². The topological polar surface area (TPSA) is 69.7 Å². The summed E-state index contributed by atoms with van der Waals surface area (Å²) in [4.78, 5) is 14.6. The summed E-state index contributed by atoms with van der Waals surface area (Å²) < 4.78 is 26.5. The minimum absolute atomic E-state index is 0.0644. The summed E-state index contributed by atoms with van der Waals surface area (Å²) >= 11 is 0. The van der Waals surface area contributed by atoms with Crippen molar-refractivity contribution in [3.05, 3.63) is 29.8 Å². The molecule has 1 aromatic carbocycles. The quantitative estimate of drug-likeness (QED) is 0.741. The van der Waals surface area contributed by atoms with E-state index >= 15 is 0 Å². The smallest absolute Gasteiger partial charge is 0.317 e. The summed E-state index contributed by atoms with van der Waals surface area (Å²) in [5, 5.41) is 2.96. The van der Waals surface area contributed by atoms with Gasteiger partial charge in [-0.25, -0.2) is 13.2 Å². The molecule has 0 heterocycles. The Hall–Kier alpha value is -1.60. The zero-order chi connectivity index (χ0) is 20.6. The van der Waals surface area contributed by atoms with Crippen molar-refractivity contribution < 1.29 is 13.2 Å². The lowest BCUT2D eigenvalue weighted by molar-refractivity contribution is 0.178. The lowest BCUT2D eigenvalue weighted by Gasteiger charge is -2.29. The first-order valence-electron chi connectivity index (χ1n) is 10.5. The van der Waals surface area contributed by atoms with Gasteiger partial charge in [-0.3, -0.25) is 0 Å². The lowest BCUT2D eigenvalue weighted by atomic mass is 9.96. The summed E-state index contributed by atoms with van der Waals surface area (Å²) in [7, 11) is -1.57. The molecule has 0 aliphatic heterocycles. The van der Waals surface area contributed by atoms with Crippen LogP contribution in [0.2, 0.25) is 0 Å². The molecule has 2 rings (SSSR count). The maximum Gasteiger partial charge on any atom is 0.317 e. The van der Waals surface area contributed by atoms with E-state index in [9.17, 15) is 13.2 Å². The monoisotopic (exact) mass is 409 g/mol. The van der Waals surface area contributed by atoms with Crippen LogP contribution < -0.4 is 5.32 Å². The molecule has 0 spiro atoms. The highest BCUT2D eigenvalue weighted by atomic mass is 32.2. The fourth-order valence-corrected chi connectivity index (χ4v) is 5.24. The number of sulfonamides is 1. The Morgan fingerprint density at radius 2 is 1.54 bits per heavy atom. The van der Waals surface area contributed by atoms with Gasteiger partial charge in [0.25, 0.3) is 0 Å². The molecule has 1 saturated carbocycles. The first kappa shape index (κ1) is 22.7. The average Bonchev–Trinajstić information content (AvgIpc) is 2.66. The summed E-state index contributed by atoms with van der Waals surface area (Å²) in [5.41, 5.74) is 0.887. The van der Waals surface area contributed by atoms with Crippen molar-refractivity contribution in [2.45, 2.75) is 76.3 Å². The van der Waals surface area contributed by atoms with Crippen LogP contribution in [0, 0.1) is 0 Å². The largest absolute Gasteiger partial charge is 0.334 e. The van der Waals surface area contributed by atoms with Crippen molar-refractivity contribution in [2.75, 3.05) is 20.1 Å². The second kappa shape index (κ2) is 10.8. The predicted octanol–water partition coefficient (Wildman–Crippen LogP) is 3.97. The first-order valence-corrected chi connectivity index (χ1v) is 11.9. The van der Waals surface area contributed by atoms with E-state index in [0.29, 0.717) is 25.7 Å². The molecule has 6 nitrogen and oxygen atoms in total. The van der Waals surface area contributed by atoms with Gasteiger partial charge in [0.05, 0.1) is 4.90 Å². The first-order chi connectivity index (χ1) is 13.4. The van der Waals surface area contributed by atoms with Crippen molar-refractivity contribution in [1.29, 1.82) is 0 Å². The zero-order valence-corrected chi connectivity index (χ0v) is 18.3. The molecule has 1 N–H and O–H groups in total. The van der Waals surface area contributed by atoms with Crippen LogP contribution in [0.1, 0.15) is 64.4 Å². The van der Waals surface area contributed by atoms with E-state index in [0.717, 1.165) is 18.4 Å². The number of amides is 2. The van der Waals surface area contributed by atoms with Gasteiger partial charge in [-0.2, -0.15) is 4.31 Å². The third-order valence-corrected chi connectivity index (χ3v) is 7.72. The zero-order valence-electron chi connectivity index (χ0n) is 17.5. The van der Waals surface area contributed by atoms with E-state index in [1.54, 1.807) is 24.3 Å². The van der Waals surface area contributed by atoms with E-state index in [4.69, 9.17) is 0 Å². The van der Waals surface area contributed by atoms with E-state index in [1.807, 2.05) is 25.8 Å². The minimum atomic E-state index is -3.45. The Morgan fingerprint density at radius 3 is 2.07 bits per heavy atom. The van der Waals surface area contributed by atoms with Gasteiger partial charge in [0.2, 0.25) is 10.0 Å². The lowest BCUT2D eigenvalue weighted by Crippen LogP contribution is -2.43. The number of urea groups is 1. The van der Waals surface area contributed by atoms with Crippen molar-refractivity contribution in [2.24, 2.45) is 0 Å². The molecule has 158 valence electrons. The third-order valence-electron chi connectivity index (χ3n) is 5.65. The van der Waals surface area contributed by atoms with E-state index in [1.165, 1.54) is 36.4 Å². The maximum absolute atomic E-state index is 12.5. The Labute approximate surface area is 170 Å². The second-order valence-corrected chi connectivity index (χ2v) is 9.44. The molecule has 0 saturated heterocycles. The Balaban J connectivity index is 1.92. The molecular weight excluding hydrogens is 374 g/mol. The second-order valence-electron chi connectivity index (χ2n) is 7.50. The van der Waals surface area contributed by atoms with Gasteiger partial charge in [-0.1, -0.05) is 58.1 Å². The predicted molar refractivity (Wildman–Crippen MR) is 113 cm³/mol. The summed E-state index contributed by atoms with van der Waals surface area (Å²) in [6, 6.07) is 7.02. The number of nitrogens with zero attached hydrogens (tertiary/aromatic N) is 2. The number of carbonyl (C=O) groups is 1. The molecule has 1 aromatic rings. The van der Waals surface area contributed by atoms with Crippen LogP contribution >= 0.6 is 0 Å². The van der Waals surface area contributed by atoms with Gasteiger partial charge in [0.1, 0.15) is 0 Å². The van der Waals surface area contributed by atoms with Crippen molar-refractivity contribution >= 4 is 16.1 Å². The molecule has 7 heteroatoms. The van der Waals surface area contributed by atoms with E-state index < -0.39 is 10.0 Å². The summed E-state index contributed by atoms with van der Waals surface area (Å²) in [5.74, 6) is 0. The van der Waals surface area contributed by atoms with Crippen LogP contribution in [0.25, 0.3) is 0 Å². The Morgan fingerprint density at radius 1 is 1.00 bits per heavy atom. The molecule has 0 bridgehead atoms. The maximum atomic E-state index is 12.5. The molecule has 0 radical (unpaired) electrons. The number of nitrogens with one attached hydrogen (secondary N) is 1. The van der Waals surface area contributed by atoms with Gasteiger partial charge in [0, 0.05) is 32.7 Å².